The molecule has 0 aliphatic carbocycles. The Morgan fingerprint density at radius 1 is 1.38 bits per heavy atom. The molecule has 0 radical (unpaired) electrons. The number of para-hydroxylation sites is 1. The first kappa shape index (κ1) is 11.4. The van der Waals surface area contributed by atoms with Gasteiger partial charge in [0.2, 0.25) is 0 Å². The molecule has 0 unspecified atom stereocenters. The summed E-state index contributed by atoms with van der Waals surface area (Å²) in [4.78, 5) is 5.47. The van der Waals surface area contributed by atoms with Gasteiger partial charge in [-0.1, -0.05) is 23.7 Å². The number of hydrogen-bond donors (Lipinski definition) is 1. The maximum absolute atomic E-state index is 6.13. The first-order valence-corrected chi connectivity index (χ1v) is 6.32. The highest BCUT2D eigenvalue weighted by molar-refractivity contribution is 7.09. The Hall–Kier alpha value is -1.06. The Balaban J connectivity index is 2.14. The number of thiazole rings is 1. The molecule has 2 rings (SSSR count). The van der Waals surface area contributed by atoms with Crippen LogP contribution in [0.3, 0.4) is 0 Å². The number of rotatable bonds is 3. The second kappa shape index (κ2) is 4.85. The molecule has 1 N–H and O–H groups in total. The number of nitrogens with zero attached hydrogens (tertiary/aromatic N) is 1. The van der Waals surface area contributed by atoms with Crippen LogP contribution in [0.25, 0.3) is 0 Å². The van der Waals surface area contributed by atoms with Crippen molar-refractivity contribution in [2.45, 2.75) is 20.4 Å². The Bertz CT molecular complexity index is 473. The largest absolute Gasteiger partial charge is 0.379 e. The van der Waals surface area contributed by atoms with E-state index >= 15 is 0 Å². The van der Waals surface area contributed by atoms with Crippen molar-refractivity contribution in [3.05, 3.63) is 44.9 Å². The first-order valence-electron chi connectivity index (χ1n) is 5.06. The molecule has 1 aromatic heterocycles. The van der Waals surface area contributed by atoms with E-state index in [0.29, 0.717) is 0 Å². The standard InChI is InChI=1S/C12H13ClN2S/c1-8-4-3-5-10(13)12(8)14-6-11-9(2)15-7-16-11/h3-5,7,14H,6H2,1-2H3. The summed E-state index contributed by atoms with van der Waals surface area (Å²) < 4.78 is 0. The van der Waals surface area contributed by atoms with Crippen LogP contribution in [-0.2, 0) is 6.54 Å². The number of aryl methyl sites for hydroxylation is 2. The minimum absolute atomic E-state index is 0.766. The zero-order valence-corrected chi connectivity index (χ0v) is 10.8. The lowest BCUT2D eigenvalue weighted by atomic mass is 10.2. The first-order chi connectivity index (χ1) is 7.68. The van der Waals surface area contributed by atoms with Crippen LogP contribution in [0.15, 0.2) is 23.7 Å². The average Bonchev–Trinajstić information content (AvgIpc) is 2.64. The van der Waals surface area contributed by atoms with Gasteiger partial charge in [0.05, 0.1) is 28.5 Å². The molecule has 0 fully saturated rings. The van der Waals surface area contributed by atoms with E-state index in [1.54, 1.807) is 11.3 Å². The number of anilines is 1. The van der Waals surface area contributed by atoms with E-state index in [4.69, 9.17) is 11.6 Å². The van der Waals surface area contributed by atoms with Crippen LogP contribution in [0.5, 0.6) is 0 Å². The third kappa shape index (κ3) is 2.36. The molecule has 0 aliphatic rings. The van der Waals surface area contributed by atoms with Crippen LogP contribution in [0.2, 0.25) is 5.02 Å². The van der Waals surface area contributed by atoms with Gasteiger partial charge in [0.25, 0.3) is 0 Å². The second-order valence-corrected chi connectivity index (χ2v) is 4.99. The van der Waals surface area contributed by atoms with E-state index in [2.05, 4.69) is 10.3 Å². The van der Waals surface area contributed by atoms with Gasteiger partial charge in [-0.3, -0.25) is 0 Å². The van der Waals surface area contributed by atoms with Crippen molar-refractivity contribution in [3.8, 4) is 0 Å². The van der Waals surface area contributed by atoms with Gasteiger partial charge in [0, 0.05) is 4.88 Å². The molecule has 1 aromatic carbocycles. The van der Waals surface area contributed by atoms with E-state index in [9.17, 15) is 0 Å². The fourth-order valence-electron chi connectivity index (χ4n) is 1.52. The molecule has 16 heavy (non-hydrogen) atoms. The van der Waals surface area contributed by atoms with Gasteiger partial charge in [-0.25, -0.2) is 4.98 Å². The summed E-state index contributed by atoms with van der Waals surface area (Å²) >= 11 is 7.80. The average molecular weight is 253 g/mol. The van der Waals surface area contributed by atoms with Gasteiger partial charge in [-0.2, -0.15) is 0 Å². The van der Waals surface area contributed by atoms with E-state index in [0.717, 1.165) is 28.5 Å². The zero-order valence-electron chi connectivity index (χ0n) is 9.25. The predicted molar refractivity (Wildman–Crippen MR) is 70.4 cm³/mol. The monoisotopic (exact) mass is 252 g/mol. The molecule has 1 heterocycles. The minimum Gasteiger partial charge on any atom is -0.379 e. The van der Waals surface area contributed by atoms with Crippen molar-refractivity contribution in [2.75, 3.05) is 5.32 Å². The quantitative estimate of drug-likeness (QED) is 0.892. The molecule has 2 nitrogen and oxygen atoms in total. The van der Waals surface area contributed by atoms with Crippen LogP contribution in [-0.4, -0.2) is 4.98 Å². The third-order valence-electron chi connectivity index (χ3n) is 2.49. The molecule has 0 spiro atoms. The van der Waals surface area contributed by atoms with Crippen LogP contribution >= 0.6 is 22.9 Å². The van der Waals surface area contributed by atoms with Gasteiger partial charge in [-0.05, 0) is 25.5 Å². The molecular formula is C12H13ClN2S. The van der Waals surface area contributed by atoms with Gasteiger partial charge in [0.1, 0.15) is 0 Å². The lowest BCUT2D eigenvalue weighted by molar-refractivity contribution is 1.12. The van der Waals surface area contributed by atoms with Crippen LogP contribution < -0.4 is 5.32 Å². The van der Waals surface area contributed by atoms with Gasteiger partial charge < -0.3 is 5.32 Å². The molecule has 0 atom stereocenters. The summed E-state index contributed by atoms with van der Waals surface area (Å²) in [6.07, 6.45) is 0. The van der Waals surface area contributed by atoms with E-state index in [1.807, 2.05) is 37.6 Å². The maximum atomic E-state index is 6.13. The number of benzene rings is 1. The Morgan fingerprint density at radius 3 is 2.81 bits per heavy atom. The van der Waals surface area contributed by atoms with Gasteiger partial charge in [0.15, 0.2) is 0 Å². The predicted octanol–water partition coefficient (Wildman–Crippen LogP) is 4.03. The van der Waals surface area contributed by atoms with Crippen LogP contribution in [0, 0.1) is 13.8 Å². The highest BCUT2D eigenvalue weighted by Gasteiger charge is 2.05. The molecule has 0 bridgehead atoms. The molecule has 2 aromatic rings. The van der Waals surface area contributed by atoms with Crippen molar-refractivity contribution in [3.63, 3.8) is 0 Å². The summed E-state index contributed by atoms with van der Waals surface area (Å²) in [6.45, 7) is 4.85. The summed E-state index contributed by atoms with van der Waals surface area (Å²) in [5.74, 6) is 0. The van der Waals surface area contributed by atoms with Crippen LogP contribution in [0.4, 0.5) is 5.69 Å². The highest BCUT2D eigenvalue weighted by Crippen LogP contribution is 2.26. The van der Waals surface area contributed by atoms with E-state index < -0.39 is 0 Å². The molecular weight excluding hydrogens is 240 g/mol. The molecule has 0 amide bonds. The Labute approximate surface area is 104 Å². The fourth-order valence-corrected chi connectivity index (χ4v) is 2.53. The number of halogens is 1. The Morgan fingerprint density at radius 2 is 2.19 bits per heavy atom. The lowest BCUT2D eigenvalue weighted by Gasteiger charge is -2.10. The topological polar surface area (TPSA) is 24.9 Å². The lowest BCUT2D eigenvalue weighted by Crippen LogP contribution is -2.01. The fraction of sp³-hybridized carbons (Fsp3) is 0.250. The van der Waals surface area contributed by atoms with Crippen molar-refractivity contribution >= 4 is 28.6 Å². The van der Waals surface area contributed by atoms with E-state index in [1.165, 1.54) is 4.88 Å². The van der Waals surface area contributed by atoms with Gasteiger partial charge >= 0.3 is 0 Å². The third-order valence-corrected chi connectivity index (χ3v) is 3.74. The number of hydrogen-bond acceptors (Lipinski definition) is 3. The van der Waals surface area contributed by atoms with Crippen molar-refractivity contribution in [1.29, 1.82) is 0 Å². The van der Waals surface area contributed by atoms with Crippen molar-refractivity contribution < 1.29 is 0 Å². The zero-order chi connectivity index (χ0) is 11.5. The SMILES string of the molecule is Cc1cccc(Cl)c1NCc1scnc1C. The summed E-state index contributed by atoms with van der Waals surface area (Å²) in [5.41, 5.74) is 5.13. The summed E-state index contributed by atoms with van der Waals surface area (Å²) in [6, 6.07) is 5.91. The second-order valence-electron chi connectivity index (χ2n) is 3.65. The summed E-state index contributed by atoms with van der Waals surface area (Å²) in [7, 11) is 0. The van der Waals surface area contributed by atoms with Crippen molar-refractivity contribution in [1.82, 2.24) is 4.98 Å². The number of aromatic nitrogens is 1. The normalized spacial score (nSPS) is 10.4. The van der Waals surface area contributed by atoms with E-state index in [-0.39, 0.29) is 0 Å². The highest BCUT2D eigenvalue weighted by atomic mass is 35.5. The molecule has 0 aliphatic heterocycles. The molecule has 0 saturated carbocycles. The van der Waals surface area contributed by atoms with Crippen LogP contribution in [0.1, 0.15) is 16.1 Å². The molecule has 4 heteroatoms. The Kier molecular flexibility index (Phi) is 3.46. The van der Waals surface area contributed by atoms with Gasteiger partial charge in [-0.15, -0.1) is 11.3 Å². The maximum Gasteiger partial charge on any atom is 0.0798 e. The molecule has 0 saturated heterocycles. The number of nitrogens with one attached hydrogen (secondary N) is 1. The van der Waals surface area contributed by atoms with Crippen molar-refractivity contribution in [2.24, 2.45) is 0 Å². The molecule has 84 valence electrons. The smallest absolute Gasteiger partial charge is 0.0798 e. The summed E-state index contributed by atoms with van der Waals surface area (Å²) in [5, 5.41) is 4.13. The minimum atomic E-state index is 0.766.